The first-order valence-electron chi connectivity index (χ1n) is 6.07. The largest absolute Gasteiger partial charge is 0.495 e. The highest BCUT2D eigenvalue weighted by Gasteiger charge is 2.35. The van der Waals surface area contributed by atoms with Crippen molar-refractivity contribution in [3.63, 3.8) is 0 Å². The second-order valence-corrected chi connectivity index (χ2v) is 7.68. The Kier molecular flexibility index (Phi) is 5.25. The SMILES string of the molecule is COc1ccc(S(=O)(=O)N[C@@H](C(=O)O)C(C)(C)C)cc1Cl. The average molecular weight is 336 g/mol. The lowest BCUT2D eigenvalue weighted by Crippen LogP contribution is -2.48. The van der Waals surface area contributed by atoms with Crippen LogP contribution in [-0.2, 0) is 14.8 Å². The van der Waals surface area contributed by atoms with Crippen molar-refractivity contribution < 1.29 is 23.1 Å². The summed E-state index contributed by atoms with van der Waals surface area (Å²) in [6.45, 7) is 4.90. The highest BCUT2D eigenvalue weighted by Crippen LogP contribution is 2.28. The van der Waals surface area contributed by atoms with Crippen LogP contribution in [0.25, 0.3) is 0 Å². The number of halogens is 1. The third kappa shape index (κ3) is 4.33. The molecule has 0 saturated heterocycles. The minimum atomic E-state index is -4.01. The van der Waals surface area contributed by atoms with Gasteiger partial charge in [-0.2, -0.15) is 4.72 Å². The quantitative estimate of drug-likeness (QED) is 0.859. The maximum absolute atomic E-state index is 12.3. The molecule has 0 radical (unpaired) electrons. The normalized spacial score (nSPS) is 13.8. The molecule has 1 rings (SSSR count). The number of methoxy groups -OCH3 is 1. The van der Waals surface area contributed by atoms with E-state index in [1.807, 2.05) is 0 Å². The van der Waals surface area contributed by atoms with Crippen molar-refractivity contribution in [2.45, 2.75) is 31.7 Å². The zero-order valence-electron chi connectivity index (χ0n) is 12.2. The third-order valence-electron chi connectivity index (χ3n) is 2.82. The lowest BCUT2D eigenvalue weighted by atomic mass is 9.88. The first-order chi connectivity index (χ1) is 9.49. The number of rotatable bonds is 5. The first-order valence-corrected chi connectivity index (χ1v) is 7.94. The van der Waals surface area contributed by atoms with E-state index < -0.39 is 27.4 Å². The Balaban J connectivity index is 3.17. The number of carboxylic acid groups (broad SMARTS) is 1. The fourth-order valence-electron chi connectivity index (χ4n) is 1.64. The third-order valence-corrected chi connectivity index (χ3v) is 4.54. The molecule has 0 amide bonds. The van der Waals surface area contributed by atoms with Gasteiger partial charge in [0.25, 0.3) is 0 Å². The average Bonchev–Trinajstić information content (AvgIpc) is 2.34. The number of carbonyl (C=O) groups is 1. The van der Waals surface area contributed by atoms with E-state index >= 15 is 0 Å². The van der Waals surface area contributed by atoms with E-state index in [4.69, 9.17) is 16.3 Å². The number of benzene rings is 1. The van der Waals surface area contributed by atoms with E-state index in [0.29, 0.717) is 5.75 Å². The molecule has 0 aromatic heterocycles. The highest BCUT2D eigenvalue weighted by molar-refractivity contribution is 7.89. The number of aliphatic carboxylic acids is 1. The van der Waals surface area contributed by atoms with Crippen LogP contribution in [-0.4, -0.2) is 32.6 Å². The molecule has 8 heteroatoms. The Morgan fingerprint density at radius 1 is 1.38 bits per heavy atom. The fourth-order valence-corrected chi connectivity index (χ4v) is 3.38. The summed E-state index contributed by atoms with van der Waals surface area (Å²) in [6.07, 6.45) is 0. The number of carboxylic acids is 1. The molecule has 0 bridgehead atoms. The van der Waals surface area contributed by atoms with Crippen LogP contribution < -0.4 is 9.46 Å². The smallest absolute Gasteiger partial charge is 0.322 e. The molecule has 1 atom stereocenters. The molecule has 1 aromatic carbocycles. The Hall–Kier alpha value is -1.31. The van der Waals surface area contributed by atoms with Crippen molar-refractivity contribution in [2.24, 2.45) is 5.41 Å². The van der Waals surface area contributed by atoms with Gasteiger partial charge in [0.05, 0.1) is 17.0 Å². The van der Waals surface area contributed by atoms with Crippen LogP contribution in [0.15, 0.2) is 23.1 Å². The van der Waals surface area contributed by atoms with Gasteiger partial charge < -0.3 is 9.84 Å². The fraction of sp³-hybridized carbons (Fsp3) is 0.462. The zero-order valence-corrected chi connectivity index (χ0v) is 13.7. The molecular weight excluding hydrogens is 318 g/mol. The van der Waals surface area contributed by atoms with Gasteiger partial charge >= 0.3 is 5.97 Å². The molecule has 2 N–H and O–H groups in total. The van der Waals surface area contributed by atoms with Gasteiger partial charge in [-0.05, 0) is 23.6 Å². The predicted octanol–water partition coefficient (Wildman–Crippen LogP) is 2.13. The van der Waals surface area contributed by atoms with E-state index in [2.05, 4.69) is 4.72 Å². The van der Waals surface area contributed by atoms with Crippen LogP contribution in [0.4, 0.5) is 0 Å². The van der Waals surface area contributed by atoms with Gasteiger partial charge in [0, 0.05) is 0 Å². The summed E-state index contributed by atoms with van der Waals surface area (Å²) in [5, 5.41) is 9.31. The molecule has 0 unspecified atom stereocenters. The molecule has 6 nitrogen and oxygen atoms in total. The van der Waals surface area contributed by atoms with E-state index in [9.17, 15) is 18.3 Å². The van der Waals surface area contributed by atoms with Crippen LogP contribution in [0.1, 0.15) is 20.8 Å². The Morgan fingerprint density at radius 3 is 2.33 bits per heavy atom. The van der Waals surface area contributed by atoms with E-state index in [-0.39, 0.29) is 9.92 Å². The van der Waals surface area contributed by atoms with Crippen LogP contribution in [0.5, 0.6) is 5.75 Å². The maximum Gasteiger partial charge on any atom is 0.322 e. The summed E-state index contributed by atoms with van der Waals surface area (Å²) in [7, 11) is -2.60. The lowest BCUT2D eigenvalue weighted by molar-refractivity contribution is -0.141. The Labute approximate surface area is 129 Å². The molecule has 118 valence electrons. The number of ether oxygens (including phenoxy) is 1. The van der Waals surface area contributed by atoms with Crippen molar-refractivity contribution in [2.75, 3.05) is 7.11 Å². The van der Waals surface area contributed by atoms with Crippen LogP contribution in [0.2, 0.25) is 5.02 Å². The number of sulfonamides is 1. The minimum Gasteiger partial charge on any atom is -0.495 e. The van der Waals surface area contributed by atoms with Crippen LogP contribution >= 0.6 is 11.6 Å². The summed E-state index contributed by atoms with van der Waals surface area (Å²) in [4.78, 5) is 11.1. The van der Waals surface area contributed by atoms with Crippen molar-refractivity contribution in [3.8, 4) is 5.75 Å². The van der Waals surface area contributed by atoms with Crippen LogP contribution in [0, 0.1) is 5.41 Å². The molecule has 0 saturated carbocycles. The summed E-state index contributed by atoms with van der Waals surface area (Å²) in [5.74, 6) is -0.910. The monoisotopic (exact) mass is 335 g/mol. The summed E-state index contributed by atoms with van der Waals surface area (Å²) < 4.78 is 31.7. The molecular formula is C13H18ClNO5S. The van der Waals surface area contributed by atoms with Crippen LogP contribution in [0.3, 0.4) is 0 Å². The highest BCUT2D eigenvalue weighted by atomic mass is 35.5. The molecule has 0 aliphatic carbocycles. The summed E-state index contributed by atoms with van der Waals surface area (Å²) in [6, 6.07) is 2.66. The predicted molar refractivity (Wildman–Crippen MR) is 79.2 cm³/mol. The minimum absolute atomic E-state index is 0.121. The Morgan fingerprint density at radius 2 is 1.95 bits per heavy atom. The topological polar surface area (TPSA) is 92.7 Å². The van der Waals surface area contributed by atoms with Crippen molar-refractivity contribution in [3.05, 3.63) is 23.2 Å². The molecule has 21 heavy (non-hydrogen) atoms. The number of hydrogen-bond acceptors (Lipinski definition) is 4. The van der Waals surface area contributed by atoms with Crippen molar-refractivity contribution in [1.82, 2.24) is 4.72 Å². The molecule has 1 aromatic rings. The molecule has 0 aliphatic heterocycles. The second kappa shape index (κ2) is 6.21. The summed E-state index contributed by atoms with van der Waals surface area (Å²) in [5.41, 5.74) is -0.783. The maximum atomic E-state index is 12.3. The van der Waals surface area contributed by atoms with Gasteiger partial charge in [0.1, 0.15) is 11.8 Å². The summed E-state index contributed by atoms with van der Waals surface area (Å²) >= 11 is 5.89. The van der Waals surface area contributed by atoms with Gasteiger partial charge in [-0.15, -0.1) is 0 Å². The van der Waals surface area contributed by atoms with E-state index in [1.54, 1.807) is 20.8 Å². The molecule has 0 aliphatic rings. The van der Waals surface area contributed by atoms with E-state index in [0.717, 1.165) is 0 Å². The zero-order chi connectivity index (χ0) is 16.4. The van der Waals surface area contributed by atoms with Gasteiger partial charge in [0.2, 0.25) is 10.0 Å². The van der Waals surface area contributed by atoms with Crippen molar-refractivity contribution in [1.29, 1.82) is 0 Å². The van der Waals surface area contributed by atoms with Gasteiger partial charge in [0.15, 0.2) is 0 Å². The van der Waals surface area contributed by atoms with Gasteiger partial charge in [-0.1, -0.05) is 32.4 Å². The molecule has 0 spiro atoms. The molecule has 0 heterocycles. The Bertz CT molecular complexity index is 636. The molecule has 0 fully saturated rings. The van der Waals surface area contributed by atoms with Crippen molar-refractivity contribution >= 4 is 27.6 Å². The standard InChI is InChI=1S/C13H18ClNO5S/c1-13(2,3)11(12(16)17)15-21(18,19)8-5-6-10(20-4)9(14)7-8/h5-7,11,15H,1-4H3,(H,16,17)/t11-/m0/s1. The first kappa shape index (κ1) is 17.7. The van der Waals surface area contributed by atoms with E-state index in [1.165, 1.54) is 25.3 Å². The van der Waals surface area contributed by atoms with Gasteiger partial charge in [-0.25, -0.2) is 8.42 Å². The lowest BCUT2D eigenvalue weighted by Gasteiger charge is -2.27. The number of hydrogen-bond donors (Lipinski definition) is 2. The number of nitrogens with one attached hydrogen (secondary N) is 1. The van der Waals surface area contributed by atoms with Gasteiger partial charge in [-0.3, -0.25) is 4.79 Å². The second-order valence-electron chi connectivity index (χ2n) is 5.55.